The average molecular weight is 291 g/mol. The topological polar surface area (TPSA) is 47.6 Å². The molecule has 0 heterocycles. The van der Waals surface area contributed by atoms with E-state index in [4.69, 9.17) is 9.47 Å². The number of carbonyl (C=O) groups is 1. The van der Waals surface area contributed by atoms with Crippen LogP contribution in [0, 0.1) is 11.8 Å². The van der Waals surface area contributed by atoms with Gasteiger partial charge in [0, 0.05) is 11.6 Å². The van der Waals surface area contributed by atoms with Gasteiger partial charge in [0.1, 0.15) is 0 Å². The highest BCUT2D eigenvalue weighted by Crippen LogP contribution is 2.30. The van der Waals surface area contributed by atoms with Crippen molar-refractivity contribution in [1.82, 2.24) is 5.32 Å². The number of rotatable bonds is 4. The van der Waals surface area contributed by atoms with Gasteiger partial charge >= 0.3 is 0 Å². The Labute approximate surface area is 126 Å². The monoisotopic (exact) mass is 291 g/mol. The van der Waals surface area contributed by atoms with Gasteiger partial charge in [0.25, 0.3) is 5.91 Å². The standard InChI is InChI=1S/C17H25NO3/c1-11-6-5-7-14(12(11)2)18-17(19)13-8-9-15(20-3)16(10-13)21-4/h8-12,14H,5-7H2,1-4H3,(H,18,19)/t11-,12-,14-/m1/s1. The van der Waals surface area contributed by atoms with E-state index in [0.29, 0.717) is 28.9 Å². The van der Waals surface area contributed by atoms with Crippen LogP contribution >= 0.6 is 0 Å². The first kappa shape index (κ1) is 15.7. The van der Waals surface area contributed by atoms with Crippen molar-refractivity contribution in [3.63, 3.8) is 0 Å². The lowest BCUT2D eigenvalue weighted by molar-refractivity contribution is 0.0890. The predicted molar refractivity (Wildman–Crippen MR) is 83.0 cm³/mol. The van der Waals surface area contributed by atoms with E-state index in [1.54, 1.807) is 32.4 Å². The Morgan fingerprint density at radius 3 is 2.52 bits per heavy atom. The molecular weight excluding hydrogens is 266 g/mol. The molecule has 4 nitrogen and oxygen atoms in total. The quantitative estimate of drug-likeness (QED) is 0.926. The molecule has 1 amide bonds. The summed E-state index contributed by atoms with van der Waals surface area (Å²) in [5, 5.41) is 3.17. The molecule has 1 aromatic rings. The van der Waals surface area contributed by atoms with Crippen LogP contribution in [0.1, 0.15) is 43.5 Å². The van der Waals surface area contributed by atoms with Gasteiger partial charge in [-0.3, -0.25) is 4.79 Å². The largest absolute Gasteiger partial charge is 0.493 e. The van der Waals surface area contributed by atoms with Crippen LogP contribution in [-0.2, 0) is 0 Å². The van der Waals surface area contributed by atoms with E-state index >= 15 is 0 Å². The number of carbonyl (C=O) groups excluding carboxylic acids is 1. The molecule has 2 rings (SSSR count). The molecule has 0 aliphatic heterocycles. The van der Waals surface area contributed by atoms with Crippen molar-refractivity contribution in [3.05, 3.63) is 23.8 Å². The summed E-state index contributed by atoms with van der Waals surface area (Å²) in [6.07, 6.45) is 3.50. The van der Waals surface area contributed by atoms with Gasteiger partial charge in [-0.2, -0.15) is 0 Å². The minimum atomic E-state index is -0.0399. The molecule has 4 heteroatoms. The van der Waals surface area contributed by atoms with Crippen LogP contribution < -0.4 is 14.8 Å². The van der Waals surface area contributed by atoms with Crippen molar-refractivity contribution >= 4 is 5.91 Å². The Morgan fingerprint density at radius 1 is 1.14 bits per heavy atom. The number of nitrogens with one attached hydrogen (secondary N) is 1. The molecule has 0 saturated heterocycles. The number of benzene rings is 1. The van der Waals surface area contributed by atoms with Crippen LogP contribution in [0.3, 0.4) is 0 Å². The van der Waals surface area contributed by atoms with Gasteiger partial charge in [0.2, 0.25) is 0 Å². The van der Waals surface area contributed by atoms with Crippen molar-refractivity contribution in [2.45, 2.75) is 39.2 Å². The Kier molecular flexibility index (Phi) is 5.10. The predicted octanol–water partition coefficient (Wildman–Crippen LogP) is 3.26. The molecule has 1 aliphatic carbocycles. The van der Waals surface area contributed by atoms with E-state index in [1.165, 1.54) is 12.8 Å². The lowest BCUT2D eigenvalue weighted by Crippen LogP contribution is -2.43. The zero-order valence-electron chi connectivity index (χ0n) is 13.3. The van der Waals surface area contributed by atoms with E-state index < -0.39 is 0 Å². The smallest absolute Gasteiger partial charge is 0.251 e. The maximum atomic E-state index is 12.4. The van der Waals surface area contributed by atoms with Crippen LogP contribution in [0.5, 0.6) is 11.5 Å². The maximum absolute atomic E-state index is 12.4. The highest BCUT2D eigenvalue weighted by atomic mass is 16.5. The lowest BCUT2D eigenvalue weighted by atomic mass is 9.78. The second-order valence-electron chi connectivity index (χ2n) is 5.92. The van der Waals surface area contributed by atoms with Gasteiger partial charge in [-0.05, 0) is 36.5 Å². The molecule has 21 heavy (non-hydrogen) atoms. The lowest BCUT2D eigenvalue weighted by Gasteiger charge is -2.34. The summed E-state index contributed by atoms with van der Waals surface area (Å²) in [6, 6.07) is 5.52. The van der Waals surface area contributed by atoms with Gasteiger partial charge in [-0.1, -0.05) is 26.7 Å². The molecule has 0 aromatic heterocycles. The normalized spacial score (nSPS) is 25.2. The number of ether oxygens (including phenoxy) is 2. The van der Waals surface area contributed by atoms with Crippen LogP contribution in [0.25, 0.3) is 0 Å². The SMILES string of the molecule is COc1ccc(C(=O)N[C@@H]2CCC[C@@H](C)[C@H]2C)cc1OC. The molecule has 116 valence electrons. The number of amides is 1. The third-order valence-electron chi connectivity index (χ3n) is 4.67. The summed E-state index contributed by atoms with van der Waals surface area (Å²) in [5.74, 6) is 2.35. The molecule has 1 fully saturated rings. The number of hydrogen-bond donors (Lipinski definition) is 1. The second-order valence-corrected chi connectivity index (χ2v) is 5.92. The molecule has 0 unspecified atom stereocenters. The van der Waals surface area contributed by atoms with Crippen LogP contribution in [0.15, 0.2) is 18.2 Å². The molecule has 3 atom stereocenters. The van der Waals surface area contributed by atoms with Gasteiger partial charge in [-0.25, -0.2) is 0 Å². The Balaban J connectivity index is 2.09. The fraction of sp³-hybridized carbons (Fsp3) is 0.588. The zero-order valence-corrected chi connectivity index (χ0v) is 13.3. The summed E-state index contributed by atoms with van der Waals surface area (Å²) in [5.41, 5.74) is 0.609. The van der Waals surface area contributed by atoms with Crippen LogP contribution in [0.2, 0.25) is 0 Å². The van der Waals surface area contributed by atoms with Crippen molar-refractivity contribution in [1.29, 1.82) is 0 Å². The van der Waals surface area contributed by atoms with Crippen molar-refractivity contribution < 1.29 is 14.3 Å². The molecule has 0 bridgehead atoms. The summed E-state index contributed by atoms with van der Waals surface area (Å²) in [6.45, 7) is 4.49. The van der Waals surface area contributed by atoms with E-state index in [9.17, 15) is 4.79 Å². The summed E-state index contributed by atoms with van der Waals surface area (Å²) in [4.78, 5) is 12.4. The molecule has 1 N–H and O–H groups in total. The van der Waals surface area contributed by atoms with Crippen molar-refractivity contribution in [3.8, 4) is 11.5 Å². The number of methoxy groups -OCH3 is 2. The van der Waals surface area contributed by atoms with E-state index in [2.05, 4.69) is 19.2 Å². The maximum Gasteiger partial charge on any atom is 0.251 e. The molecule has 0 radical (unpaired) electrons. The highest BCUT2D eigenvalue weighted by molar-refractivity contribution is 5.95. The molecule has 1 aliphatic rings. The summed E-state index contributed by atoms with van der Waals surface area (Å²) >= 11 is 0. The van der Waals surface area contributed by atoms with Crippen LogP contribution in [0.4, 0.5) is 0 Å². The van der Waals surface area contributed by atoms with Crippen molar-refractivity contribution in [2.24, 2.45) is 11.8 Å². The zero-order chi connectivity index (χ0) is 15.4. The first-order valence-corrected chi connectivity index (χ1v) is 7.59. The Bertz CT molecular complexity index is 501. The first-order valence-electron chi connectivity index (χ1n) is 7.59. The third kappa shape index (κ3) is 3.49. The number of hydrogen-bond acceptors (Lipinski definition) is 3. The fourth-order valence-electron chi connectivity index (χ4n) is 3.01. The van der Waals surface area contributed by atoms with E-state index in [-0.39, 0.29) is 11.9 Å². The average Bonchev–Trinajstić information content (AvgIpc) is 2.51. The molecule has 1 aromatic carbocycles. The summed E-state index contributed by atoms with van der Waals surface area (Å²) < 4.78 is 10.4. The first-order chi connectivity index (χ1) is 10.1. The van der Waals surface area contributed by atoms with Gasteiger partial charge < -0.3 is 14.8 Å². The van der Waals surface area contributed by atoms with Crippen LogP contribution in [-0.4, -0.2) is 26.2 Å². The minimum absolute atomic E-state index is 0.0399. The molecular formula is C17H25NO3. The Hall–Kier alpha value is -1.71. The summed E-state index contributed by atoms with van der Waals surface area (Å²) in [7, 11) is 3.16. The van der Waals surface area contributed by atoms with E-state index in [1.807, 2.05) is 0 Å². The third-order valence-corrected chi connectivity index (χ3v) is 4.67. The fourth-order valence-corrected chi connectivity index (χ4v) is 3.01. The second kappa shape index (κ2) is 6.83. The van der Waals surface area contributed by atoms with Gasteiger partial charge in [-0.15, -0.1) is 0 Å². The Morgan fingerprint density at radius 2 is 1.86 bits per heavy atom. The van der Waals surface area contributed by atoms with Gasteiger partial charge in [0.15, 0.2) is 11.5 Å². The van der Waals surface area contributed by atoms with Gasteiger partial charge in [0.05, 0.1) is 14.2 Å². The molecule has 0 spiro atoms. The van der Waals surface area contributed by atoms with E-state index in [0.717, 1.165) is 6.42 Å². The molecule has 1 saturated carbocycles. The minimum Gasteiger partial charge on any atom is -0.493 e. The van der Waals surface area contributed by atoms with Crippen molar-refractivity contribution in [2.75, 3.05) is 14.2 Å². The highest BCUT2D eigenvalue weighted by Gasteiger charge is 2.28.